The first-order valence-electron chi connectivity index (χ1n) is 6.94. The second-order valence-corrected chi connectivity index (χ2v) is 6.71. The first-order valence-corrected chi connectivity index (χ1v) is 7.99. The average Bonchev–Trinajstić information content (AvgIpc) is 2.43. The molecule has 1 aromatic rings. The fourth-order valence-electron chi connectivity index (χ4n) is 2.41. The minimum atomic E-state index is -0.986. The zero-order valence-electron chi connectivity index (χ0n) is 12.4. The van der Waals surface area contributed by atoms with Gasteiger partial charge in [0.15, 0.2) is 0 Å². The quantitative estimate of drug-likeness (QED) is 0.881. The van der Waals surface area contributed by atoms with Gasteiger partial charge in [0.25, 0.3) is 0 Å². The van der Waals surface area contributed by atoms with Gasteiger partial charge in [0.05, 0.1) is 5.56 Å². The molecule has 0 spiro atoms. The number of nitrogens with zero attached hydrogens (tertiary/aromatic N) is 1. The number of carbonyl (C=O) groups is 2. The summed E-state index contributed by atoms with van der Waals surface area (Å²) in [6.45, 7) is 6.57. The van der Waals surface area contributed by atoms with Gasteiger partial charge in [-0.15, -0.1) is 0 Å². The zero-order chi connectivity index (χ0) is 15.6. The van der Waals surface area contributed by atoms with Crippen LogP contribution < -0.4 is 5.32 Å². The van der Waals surface area contributed by atoms with Crippen molar-refractivity contribution < 1.29 is 14.7 Å². The molecular formula is C15H20N2O3S. The normalized spacial score (nSPS) is 22.0. The number of hydrogen-bond donors (Lipinski definition) is 2. The van der Waals surface area contributed by atoms with Crippen molar-refractivity contribution in [2.45, 2.75) is 32.1 Å². The van der Waals surface area contributed by atoms with Crippen molar-refractivity contribution in [1.29, 1.82) is 0 Å². The third-order valence-corrected chi connectivity index (χ3v) is 5.29. The van der Waals surface area contributed by atoms with E-state index in [1.54, 1.807) is 19.1 Å². The van der Waals surface area contributed by atoms with Crippen molar-refractivity contribution in [1.82, 2.24) is 4.90 Å². The number of urea groups is 1. The van der Waals surface area contributed by atoms with Crippen LogP contribution in [0.4, 0.5) is 10.5 Å². The van der Waals surface area contributed by atoms with Crippen molar-refractivity contribution in [2.75, 3.05) is 17.6 Å². The number of amides is 2. The fourth-order valence-corrected chi connectivity index (χ4v) is 3.51. The van der Waals surface area contributed by atoms with Crippen LogP contribution in [0.5, 0.6) is 0 Å². The maximum atomic E-state index is 12.4. The van der Waals surface area contributed by atoms with E-state index in [0.717, 1.165) is 5.75 Å². The number of benzene rings is 1. The summed E-state index contributed by atoms with van der Waals surface area (Å²) in [6, 6.07) is 4.90. The lowest BCUT2D eigenvalue weighted by Gasteiger charge is -2.37. The molecule has 114 valence electrons. The van der Waals surface area contributed by atoms with Gasteiger partial charge in [-0.05, 0) is 31.5 Å². The van der Waals surface area contributed by atoms with Gasteiger partial charge in [0, 0.05) is 29.3 Å². The molecule has 0 bridgehead atoms. The molecule has 1 fully saturated rings. The van der Waals surface area contributed by atoms with Gasteiger partial charge < -0.3 is 15.3 Å². The maximum Gasteiger partial charge on any atom is 0.336 e. The lowest BCUT2D eigenvalue weighted by atomic mass is 10.1. The molecule has 0 radical (unpaired) electrons. The van der Waals surface area contributed by atoms with Crippen LogP contribution in [0.2, 0.25) is 0 Å². The SMILES string of the molecule is Cc1c(NC(=O)N2CCSC(C)C2C)cccc1C(=O)O. The highest BCUT2D eigenvalue weighted by Crippen LogP contribution is 2.26. The van der Waals surface area contributed by atoms with E-state index in [-0.39, 0.29) is 17.6 Å². The number of carbonyl (C=O) groups excluding carboxylic acids is 1. The van der Waals surface area contributed by atoms with E-state index in [4.69, 9.17) is 5.11 Å². The Morgan fingerprint density at radius 2 is 2.10 bits per heavy atom. The van der Waals surface area contributed by atoms with E-state index in [1.165, 1.54) is 6.07 Å². The van der Waals surface area contributed by atoms with Gasteiger partial charge in [-0.1, -0.05) is 13.0 Å². The van der Waals surface area contributed by atoms with Gasteiger partial charge in [0.2, 0.25) is 0 Å². The van der Waals surface area contributed by atoms with Crippen LogP contribution in [-0.2, 0) is 0 Å². The Balaban J connectivity index is 2.16. The molecule has 1 saturated heterocycles. The van der Waals surface area contributed by atoms with Crippen LogP contribution in [0.25, 0.3) is 0 Å². The minimum Gasteiger partial charge on any atom is -0.478 e. The van der Waals surface area contributed by atoms with Gasteiger partial charge in [-0.25, -0.2) is 9.59 Å². The van der Waals surface area contributed by atoms with E-state index in [1.807, 2.05) is 23.6 Å². The first kappa shape index (κ1) is 15.7. The van der Waals surface area contributed by atoms with Crippen LogP contribution in [-0.4, -0.2) is 45.6 Å². The van der Waals surface area contributed by atoms with Crippen molar-refractivity contribution in [3.05, 3.63) is 29.3 Å². The lowest BCUT2D eigenvalue weighted by molar-refractivity contribution is 0.0696. The summed E-state index contributed by atoms with van der Waals surface area (Å²) in [5.41, 5.74) is 1.34. The summed E-state index contributed by atoms with van der Waals surface area (Å²) in [5, 5.41) is 12.4. The van der Waals surface area contributed by atoms with Crippen molar-refractivity contribution in [3.63, 3.8) is 0 Å². The molecule has 2 rings (SSSR count). The van der Waals surface area contributed by atoms with Crippen molar-refractivity contribution >= 4 is 29.4 Å². The smallest absolute Gasteiger partial charge is 0.336 e. The van der Waals surface area contributed by atoms with E-state index in [2.05, 4.69) is 12.2 Å². The Morgan fingerprint density at radius 1 is 1.38 bits per heavy atom. The summed E-state index contributed by atoms with van der Waals surface area (Å²) in [7, 11) is 0. The Labute approximate surface area is 128 Å². The molecular weight excluding hydrogens is 288 g/mol. The third-order valence-electron chi connectivity index (χ3n) is 3.95. The second kappa shape index (κ2) is 6.39. The van der Waals surface area contributed by atoms with Crippen LogP contribution in [0.1, 0.15) is 29.8 Å². The molecule has 1 aromatic carbocycles. The first-order chi connectivity index (χ1) is 9.91. The third kappa shape index (κ3) is 3.32. The fraction of sp³-hybridized carbons (Fsp3) is 0.467. The minimum absolute atomic E-state index is 0.159. The number of anilines is 1. The summed E-state index contributed by atoms with van der Waals surface area (Å²) in [4.78, 5) is 25.4. The molecule has 2 unspecified atom stereocenters. The maximum absolute atomic E-state index is 12.4. The summed E-state index contributed by atoms with van der Waals surface area (Å²) >= 11 is 1.86. The number of aromatic carboxylic acids is 1. The lowest BCUT2D eigenvalue weighted by Crippen LogP contribution is -2.49. The van der Waals surface area contributed by atoms with E-state index < -0.39 is 5.97 Å². The molecule has 1 heterocycles. The molecule has 2 atom stereocenters. The predicted molar refractivity (Wildman–Crippen MR) is 85.2 cm³/mol. The van der Waals surface area contributed by atoms with Crippen LogP contribution >= 0.6 is 11.8 Å². The molecule has 2 amide bonds. The largest absolute Gasteiger partial charge is 0.478 e. The average molecular weight is 308 g/mol. The monoisotopic (exact) mass is 308 g/mol. The molecule has 5 nitrogen and oxygen atoms in total. The number of thioether (sulfide) groups is 1. The summed E-state index contributed by atoms with van der Waals surface area (Å²) < 4.78 is 0. The summed E-state index contributed by atoms with van der Waals surface area (Å²) in [5.74, 6) is -0.0625. The molecule has 6 heteroatoms. The topological polar surface area (TPSA) is 69.6 Å². The molecule has 1 aliphatic rings. The van der Waals surface area contributed by atoms with Crippen LogP contribution in [0, 0.1) is 6.92 Å². The van der Waals surface area contributed by atoms with E-state index in [9.17, 15) is 9.59 Å². The zero-order valence-corrected chi connectivity index (χ0v) is 13.2. The van der Waals surface area contributed by atoms with Gasteiger partial charge >= 0.3 is 12.0 Å². The summed E-state index contributed by atoms with van der Waals surface area (Å²) in [6.07, 6.45) is 0. The van der Waals surface area contributed by atoms with Crippen LogP contribution in [0.3, 0.4) is 0 Å². The van der Waals surface area contributed by atoms with Gasteiger partial charge in [0.1, 0.15) is 0 Å². The van der Waals surface area contributed by atoms with Gasteiger partial charge in [-0.2, -0.15) is 11.8 Å². The highest BCUT2D eigenvalue weighted by atomic mass is 32.2. The van der Waals surface area contributed by atoms with Crippen molar-refractivity contribution in [3.8, 4) is 0 Å². The molecule has 1 aliphatic heterocycles. The van der Waals surface area contributed by atoms with Gasteiger partial charge in [-0.3, -0.25) is 0 Å². The molecule has 2 N–H and O–H groups in total. The van der Waals surface area contributed by atoms with E-state index >= 15 is 0 Å². The van der Waals surface area contributed by atoms with Crippen LogP contribution in [0.15, 0.2) is 18.2 Å². The Bertz CT molecular complexity index is 562. The number of carboxylic acid groups (broad SMARTS) is 1. The number of hydrogen-bond acceptors (Lipinski definition) is 3. The number of rotatable bonds is 2. The molecule has 21 heavy (non-hydrogen) atoms. The molecule has 0 aromatic heterocycles. The Morgan fingerprint density at radius 3 is 2.76 bits per heavy atom. The highest BCUT2D eigenvalue weighted by molar-refractivity contribution is 8.00. The predicted octanol–water partition coefficient (Wildman–Crippen LogP) is 3.05. The Kier molecular flexibility index (Phi) is 4.77. The highest BCUT2D eigenvalue weighted by Gasteiger charge is 2.29. The Hall–Kier alpha value is -1.69. The number of carboxylic acids is 1. The van der Waals surface area contributed by atoms with Crippen molar-refractivity contribution in [2.24, 2.45) is 0 Å². The molecule has 0 saturated carbocycles. The second-order valence-electron chi connectivity index (χ2n) is 5.22. The standard InChI is InChI=1S/C15H20N2O3S/c1-9-12(14(18)19)5-4-6-13(9)16-15(20)17-7-8-21-11(3)10(17)2/h4-6,10-11H,7-8H2,1-3H3,(H,16,20)(H,18,19). The number of nitrogens with one attached hydrogen (secondary N) is 1. The van der Waals surface area contributed by atoms with E-state index in [0.29, 0.717) is 23.0 Å². The molecule has 0 aliphatic carbocycles.